The van der Waals surface area contributed by atoms with Crippen LogP contribution < -0.4 is 4.74 Å². The van der Waals surface area contributed by atoms with E-state index >= 15 is 0 Å². The van der Waals surface area contributed by atoms with Gasteiger partial charge in [0.1, 0.15) is 11.9 Å². The molecule has 2 rings (SSSR count). The summed E-state index contributed by atoms with van der Waals surface area (Å²) in [4.78, 5) is 15.2. The molecule has 1 saturated carbocycles. The van der Waals surface area contributed by atoms with Gasteiger partial charge in [-0.15, -0.1) is 0 Å². The molecule has 1 heterocycles. The van der Waals surface area contributed by atoms with Crippen molar-refractivity contribution in [2.75, 3.05) is 0 Å². The highest BCUT2D eigenvalue weighted by molar-refractivity contribution is 5.71. The molecule has 1 N–H and O–H groups in total. The third kappa shape index (κ3) is 3.00. The molecule has 4 heteroatoms. The van der Waals surface area contributed by atoms with Gasteiger partial charge in [-0.3, -0.25) is 9.78 Å². The van der Waals surface area contributed by atoms with Crippen molar-refractivity contribution >= 4 is 5.97 Å². The number of aliphatic carboxylic acids is 1. The lowest BCUT2D eigenvalue weighted by atomic mass is 9.78. The van der Waals surface area contributed by atoms with Crippen molar-refractivity contribution in [3.8, 4) is 5.75 Å². The van der Waals surface area contributed by atoms with Gasteiger partial charge in [-0.1, -0.05) is 13.3 Å². The van der Waals surface area contributed by atoms with Gasteiger partial charge in [-0.25, -0.2) is 0 Å². The van der Waals surface area contributed by atoms with Crippen molar-refractivity contribution in [2.24, 2.45) is 11.8 Å². The number of ether oxygens (including phenoxy) is 1. The Morgan fingerprint density at radius 3 is 3.00 bits per heavy atom. The maximum Gasteiger partial charge on any atom is 0.310 e. The lowest BCUT2D eigenvalue weighted by Crippen LogP contribution is -2.38. The third-order valence-electron chi connectivity index (χ3n) is 3.72. The number of hydrogen-bond donors (Lipinski definition) is 1. The number of rotatable bonds is 4. The van der Waals surface area contributed by atoms with Crippen molar-refractivity contribution in [3.05, 3.63) is 24.5 Å². The van der Waals surface area contributed by atoms with Crippen molar-refractivity contribution in [1.82, 2.24) is 4.98 Å². The predicted molar refractivity (Wildman–Crippen MR) is 67.4 cm³/mol. The summed E-state index contributed by atoms with van der Waals surface area (Å²) < 4.78 is 5.82. The zero-order valence-corrected chi connectivity index (χ0v) is 10.6. The van der Waals surface area contributed by atoms with Gasteiger partial charge in [0.2, 0.25) is 0 Å². The first-order valence-corrected chi connectivity index (χ1v) is 6.50. The smallest absolute Gasteiger partial charge is 0.310 e. The van der Waals surface area contributed by atoms with E-state index in [0.29, 0.717) is 18.1 Å². The van der Waals surface area contributed by atoms with E-state index in [1.807, 2.05) is 6.07 Å². The first-order chi connectivity index (χ1) is 8.70. The molecule has 1 aromatic rings. The van der Waals surface area contributed by atoms with E-state index in [1.165, 1.54) is 0 Å². The molecule has 1 aliphatic carbocycles. The van der Waals surface area contributed by atoms with E-state index in [9.17, 15) is 9.90 Å². The number of hydrogen-bond acceptors (Lipinski definition) is 3. The zero-order chi connectivity index (χ0) is 13.0. The second-order valence-corrected chi connectivity index (χ2v) is 4.88. The summed E-state index contributed by atoms with van der Waals surface area (Å²) in [6.07, 6.45) is 6.68. The maximum absolute atomic E-state index is 11.3. The first-order valence-electron chi connectivity index (χ1n) is 6.50. The molecule has 3 atom stereocenters. The number of aromatic nitrogens is 1. The average Bonchev–Trinajstić information content (AvgIpc) is 2.39. The van der Waals surface area contributed by atoms with Gasteiger partial charge < -0.3 is 9.84 Å². The van der Waals surface area contributed by atoms with Crippen molar-refractivity contribution in [1.29, 1.82) is 0 Å². The molecule has 18 heavy (non-hydrogen) atoms. The molecule has 0 radical (unpaired) electrons. The highest BCUT2D eigenvalue weighted by Crippen LogP contribution is 2.33. The van der Waals surface area contributed by atoms with E-state index in [4.69, 9.17) is 4.74 Å². The van der Waals surface area contributed by atoms with Crippen LogP contribution >= 0.6 is 0 Å². The summed E-state index contributed by atoms with van der Waals surface area (Å²) in [5.74, 6) is 0.0826. The summed E-state index contributed by atoms with van der Waals surface area (Å²) in [6, 6.07) is 3.62. The molecule has 0 amide bonds. The molecule has 0 saturated heterocycles. The van der Waals surface area contributed by atoms with Crippen LogP contribution in [0.5, 0.6) is 5.75 Å². The van der Waals surface area contributed by atoms with Crippen LogP contribution in [0.15, 0.2) is 24.5 Å². The minimum atomic E-state index is -0.751. The zero-order valence-electron chi connectivity index (χ0n) is 10.6. The van der Waals surface area contributed by atoms with Crippen LogP contribution in [0.3, 0.4) is 0 Å². The maximum atomic E-state index is 11.3. The highest BCUT2D eigenvalue weighted by atomic mass is 16.5. The van der Waals surface area contributed by atoms with Gasteiger partial charge in [-0.05, 0) is 37.3 Å². The van der Waals surface area contributed by atoms with Crippen LogP contribution in [0.1, 0.15) is 32.6 Å². The van der Waals surface area contributed by atoms with E-state index in [-0.39, 0.29) is 6.10 Å². The van der Waals surface area contributed by atoms with E-state index in [2.05, 4.69) is 11.9 Å². The van der Waals surface area contributed by atoms with Crippen LogP contribution in [-0.4, -0.2) is 22.2 Å². The summed E-state index contributed by atoms with van der Waals surface area (Å²) in [5, 5.41) is 9.25. The third-order valence-corrected chi connectivity index (χ3v) is 3.72. The van der Waals surface area contributed by atoms with E-state index < -0.39 is 11.9 Å². The Bertz CT molecular complexity index is 393. The van der Waals surface area contributed by atoms with Crippen molar-refractivity contribution in [2.45, 2.75) is 38.7 Å². The molecule has 1 aromatic heterocycles. The summed E-state index contributed by atoms with van der Waals surface area (Å²) >= 11 is 0. The van der Waals surface area contributed by atoms with Crippen molar-refractivity contribution < 1.29 is 14.6 Å². The molecule has 4 nitrogen and oxygen atoms in total. The molecule has 1 fully saturated rings. The average molecular weight is 249 g/mol. The topological polar surface area (TPSA) is 59.4 Å². The fourth-order valence-corrected chi connectivity index (χ4v) is 2.59. The molecular formula is C14H19NO3. The summed E-state index contributed by atoms with van der Waals surface area (Å²) in [7, 11) is 0. The highest BCUT2D eigenvalue weighted by Gasteiger charge is 2.36. The number of carboxylic acid groups (broad SMARTS) is 1. The number of carboxylic acids is 1. The predicted octanol–water partition coefficient (Wildman–Crippen LogP) is 2.74. The fourth-order valence-electron chi connectivity index (χ4n) is 2.59. The van der Waals surface area contributed by atoms with Crippen LogP contribution in [-0.2, 0) is 4.79 Å². The Balaban J connectivity index is 2.07. The lowest BCUT2D eigenvalue weighted by molar-refractivity contribution is -0.147. The molecule has 0 aliphatic heterocycles. The first kappa shape index (κ1) is 12.9. The van der Waals surface area contributed by atoms with Gasteiger partial charge in [0.25, 0.3) is 0 Å². The van der Waals surface area contributed by atoms with E-state index in [0.717, 1.165) is 19.3 Å². The normalized spacial score (nSPS) is 27.7. The molecule has 98 valence electrons. The van der Waals surface area contributed by atoms with Crippen LogP contribution in [0.2, 0.25) is 0 Å². The van der Waals surface area contributed by atoms with Gasteiger partial charge in [-0.2, -0.15) is 0 Å². The molecule has 3 unspecified atom stereocenters. The van der Waals surface area contributed by atoms with E-state index in [1.54, 1.807) is 18.5 Å². The monoisotopic (exact) mass is 249 g/mol. The Kier molecular flexibility index (Phi) is 4.18. The standard InChI is InChI=1S/C14H19NO3/c1-2-10-5-6-12(14(16)17)13(8-10)18-11-4-3-7-15-9-11/h3-4,7,9-10,12-13H,2,5-6,8H2,1H3,(H,16,17). The molecule has 1 aliphatic rings. The number of carbonyl (C=O) groups is 1. The summed E-state index contributed by atoms with van der Waals surface area (Å²) in [6.45, 7) is 2.15. The van der Waals surface area contributed by atoms with Gasteiger partial charge in [0.05, 0.1) is 12.1 Å². The van der Waals surface area contributed by atoms with Crippen LogP contribution in [0, 0.1) is 11.8 Å². The van der Waals surface area contributed by atoms with Crippen LogP contribution in [0.25, 0.3) is 0 Å². The number of nitrogens with zero attached hydrogens (tertiary/aromatic N) is 1. The minimum Gasteiger partial charge on any atom is -0.488 e. The summed E-state index contributed by atoms with van der Waals surface area (Å²) in [5.41, 5.74) is 0. The van der Waals surface area contributed by atoms with Gasteiger partial charge >= 0.3 is 5.97 Å². The van der Waals surface area contributed by atoms with Crippen molar-refractivity contribution in [3.63, 3.8) is 0 Å². The number of pyridine rings is 1. The largest absolute Gasteiger partial charge is 0.488 e. The molecule has 0 spiro atoms. The quantitative estimate of drug-likeness (QED) is 0.891. The Morgan fingerprint density at radius 1 is 1.56 bits per heavy atom. The van der Waals surface area contributed by atoms with Gasteiger partial charge in [0.15, 0.2) is 0 Å². The Hall–Kier alpha value is -1.58. The molecular weight excluding hydrogens is 230 g/mol. The second kappa shape index (κ2) is 5.85. The second-order valence-electron chi connectivity index (χ2n) is 4.88. The minimum absolute atomic E-state index is 0.231. The molecule has 0 aromatic carbocycles. The Morgan fingerprint density at radius 2 is 2.39 bits per heavy atom. The fraction of sp³-hybridized carbons (Fsp3) is 0.571. The Labute approximate surface area is 107 Å². The molecule has 0 bridgehead atoms. The van der Waals surface area contributed by atoms with Crippen LogP contribution in [0.4, 0.5) is 0 Å². The lowest BCUT2D eigenvalue weighted by Gasteiger charge is -2.33. The SMILES string of the molecule is CCC1CCC(C(=O)O)C(Oc2cccnc2)C1. The van der Waals surface area contributed by atoms with Gasteiger partial charge in [0, 0.05) is 6.20 Å².